The van der Waals surface area contributed by atoms with Crippen LogP contribution in [0.1, 0.15) is 16.7 Å². The molecule has 0 unspecified atom stereocenters. The maximum Gasteiger partial charge on any atom is 0.332 e. The van der Waals surface area contributed by atoms with Crippen LogP contribution in [0, 0.1) is 0 Å². The molecule has 0 amide bonds. The lowest BCUT2D eigenvalue weighted by atomic mass is 9.79. The smallest absolute Gasteiger partial charge is 0.332 e. The Balaban J connectivity index is 1.17. The maximum atomic E-state index is 6.46. The SMILES string of the molecule is c1ccc(C2(COP(OCC3(c4ccccc4)COC3)OCC3(c4ccccc4)COC3)COC2)cc1. The van der Waals surface area contributed by atoms with Gasteiger partial charge in [0.1, 0.15) is 0 Å². The molecule has 0 aromatic heterocycles. The summed E-state index contributed by atoms with van der Waals surface area (Å²) in [6, 6.07) is 31.3. The first-order chi connectivity index (χ1) is 18.2. The molecular formula is C30H33O6P. The minimum atomic E-state index is -1.61. The molecule has 3 aliphatic rings. The van der Waals surface area contributed by atoms with E-state index in [1.54, 1.807) is 0 Å². The number of benzene rings is 3. The molecule has 0 bridgehead atoms. The van der Waals surface area contributed by atoms with E-state index in [-0.39, 0.29) is 16.2 Å². The minimum absolute atomic E-state index is 0.179. The third kappa shape index (κ3) is 5.13. The molecule has 0 radical (unpaired) electrons. The van der Waals surface area contributed by atoms with Crippen molar-refractivity contribution in [2.45, 2.75) is 16.2 Å². The Hall–Kier alpha value is -2.15. The molecule has 194 valence electrons. The zero-order valence-corrected chi connectivity index (χ0v) is 21.8. The molecule has 3 aliphatic heterocycles. The van der Waals surface area contributed by atoms with Gasteiger partial charge in [0.05, 0.1) is 75.7 Å². The number of hydrogen-bond donors (Lipinski definition) is 0. The van der Waals surface area contributed by atoms with Crippen LogP contribution in [-0.4, -0.2) is 59.5 Å². The van der Waals surface area contributed by atoms with Gasteiger partial charge in [-0.15, -0.1) is 0 Å². The Morgan fingerprint density at radius 2 is 0.730 bits per heavy atom. The topological polar surface area (TPSA) is 55.4 Å². The predicted molar refractivity (Wildman–Crippen MR) is 142 cm³/mol. The lowest BCUT2D eigenvalue weighted by Crippen LogP contribution is -2.51. The summed E-state index contributed by atoms with van der Waals surface area (Å²) >= 11 is 0. The van der Waals surface area contributed by atoms with Crippen molar-refractivity contribution >= 4 is 8.60 Å². The van der Waals surface area contributed by atoms with Gasteiger partial charge in [-0.25, -0.2) is 0 Å². The van der Waals surface area contributed by atoms with Crippen molar-refractivity contribution in [2.75, 3.05) is 59.5 Å². The highest BCUT2D eigenvalue weighted by Gasteiger charge is 2.46. The molecule has 3 aromatic carbocycles. The summed E-state index contributed by atoms with van der Waals surface area (Å²) in [7, 11) is -1.61. The van der Waals surface area contributed by atoms with Crippen molar-refractivity contribution in [1.29, 1.82) is 0 Å². The highest BCUT2D eigenvalue weighted by atomic mass is 31.2. The summed E-state index contributed by atoms with van der Waals surface area (Å²) in [6.07, 6.45) is 0. The van der Waals surface area contributed by atoms with E-state index in [4.69, 9.17) is 27.8 Å². The maximum absolute atomic E-state index is 6.46. The quantitative estimate of drug-likeness (QED) is 0.307. The molecule has 3 heterocycles. The van der Waals surface area contributed by atoms with Crippen LogP contribution in [-0.2, 0) is 44.0 Å². The van der Waals surface area contributed by atoms with Gasteiger partial charge in [-0.05, 0) is 16.7 Å². The van der Waals surface area contributed by atoms with E-state index in [0.29, 0.717) is 59.5 Å². The minimum Gasteiger partial charge on any atom is -0.379 e. The molecule has 0 atom stereocenters. The Labute approximate surface area is 219 Å². The first-order valence-electron chi connectivity index (χ1n) is 12.8. The molecule has 0 aliphatic carbocycles. The van der Waals surface area contributed by atoms with Crippen LogP contribution >= 0.6 is 8.60 Å². The molecule has 6 rings (SSSR count). The second-order valence-electron chi connectivity index (χ2n) is 10.5. The average Bonchev–Trinajstić information content (AvgIpc) is 2.88. The number of ether oxygens (including phenoxy) is 3. The van der Waals surface area contributed by atoms with E-state index in [0.717, 1.165) is 0 Å². The molecule has 3 aromatic rings. The van der Waals surface area contributed by atoms with Crippen LogP contribution in [0.3, 0.4) is 0 Å². The second kappa shape index (κ2) is 10.9. The first-order valence-corrected chi connectivity index (χ1v) is 13.9. The van der Waals surface area contributed by atoms with Crippen molar-refractivity contribution in [3.05, 3.63) is 108 Å². The van der Waals surface area contributed by atoms with Crippen molar-refractivity contribution in [3.8, 4) is 0 Å². The van der Waals surface area contributed by atoms with Crippen LogP contribution < -0.4 is 0 Å². The number of rotatable bonds is 12. The van der Waals surface area contributed by atoms with Gasteiger partial charge in [-0.2, -0.15) is 0 Å². The van der Waals surface area contributed by atoms with E-state index in [1.165, 1.54) is 16.7 Å². The highest BCUT2D eigenvalue weighted by Crippen LogP contribution is 2.48. The molecular weight excluding hydrogens is 487 g/mol. The van der Waals surface area contributed by atoms with Crippen molar-refractivity contribution in [3.63, 3.8) is 0 Å². The predicted octanol–water partition coefficient (Wildman–Crippen LogP) is 5.17. The average molecular weight is 521 g/mol. The van der Waals surface area contributed by atoms with Crippen LogP contribution in [0.2, 0.25) is 0 Å². The Bertz CT molecular complexity index is 984. The molecule has 0 saturated carbocycles. The lowest BCUT2D eigenvalue weighted by molar-refractivity contribution is -0.0997. The zero-order chi connectivity index (χ0) is 25.0. The summed E-state index contributed by atoms with van der Waals surface area (Å²) < 4.78 is 36.3. The van der Waals surface area contributed by atoms with Gasteiger partial charge >= 0.3 is 8.60 Å². The van der Waals surface area contributed by atoms with Gasteiger partial charge in [-0.3, -0.25) is 0 Å². The van der Waals surface area contributed by atoms with Gasteiger partial charge in [-0.1, -0.05) is 91.0 Å². The zero-order valence-electron chi connectivity index (χ0n) is 20.9. The van der Waals surface area contributed by atoms with Crippen LogP contribution in [0.5, 0.6) is 0 Å². The normalized spacial score (nSPS) is 21.0. The summed E-state index contributed by atoms with van der Waals surface area (Å²) in [5, 5.41) is 0. The molecule has 6 nitrogen and oxygen atoms in total. The fourth-order valence-electron chi connectivity index (χ4n) is 5.06. The third-order valence-electron chi connectivity index (χ3n) is 7.77. The van der Waals surface area contributed by atoms with Gasteiger partial charge in [0, 0.05) is 0 Å². The van der Waals surface area contributed by atoms with Crippen LogP contribution in [0.4, 0.5) is 0 Å². The molecule has 3 saturated heterocycles. The summed E-state index contributed by atoms with van der Waals surface area (Å²) in [5.74, 6) is 0. The first kappa shape index (κ1) is 25.1. The second-order valence-corrected chi connectivity index (χ2v) is 11.7. The monoisotopic (exact) mass is 520 g/mol. The molecule has 3 fully saturated rings. The van der Waals surface area contributed by atoms with Crippen molar-refractivity contribution < 1.29 is 27.8 Å². The lowest BCUT2D eigenvalue weighted by Gasteiger charge is -2.44. The number of hydrogen-bond acceptors (Lipinski definition) is 6. The molecule has 0 spiro atoms. The molecule has 37 heavy (non-hydrogen) atoms. The van der Waals surface area contributed by atoms with E-state index in [2.05, 4.69) is 72.8 Å². The van der Waals surface area contributed by atoms with Crippen molar-refractivity contribution in [1.82, 2.24) is 0 Å². The van der Waals surface area contributed by atoms with Crippen LogP contribution in [0.25, 0.3) is 0 Å². The van der Waals surface area contributed by atoms with Gasteiger partial charge < -0.3 is 27.8 Å². The fourth-order valence-corrected chi connectivity index (χ4v) is 6.34. The van der Waals surface area contributed by atoms with Gasteiger partial charge in [0.15, 0.2) is 0 Å². The molecule has 7 heteroatoms. The van der Waals surface area contributed by atoms with E-state index < -0.39 is 8.60 Å². The third-order valence-corrected chi connectivity index (χ3v) is 8.79. The van der Waals surface area contributed by atoms with E-state index in [1.807, 2.05) is 18.2 Å². The standard InChI is InChI=1S/C30H33O6P/c1-4-10-25(11-5-1)28(16-31-17-28)22-34-37(35-23-29(18-32-19-29)26-12-6-2-7-13-26)36-24-30(20-33-21-30)27-14-8-3-9-15-27/h1-15H,16-24H2. The Kier molecular flexibility index (Phi) is 7.42. The summed E-state index contributed by atoms with van der Waals surface area (Å²) in [5.41, 5.74) is 3.12. The Morgan fingerprint density at radius 1 is 0.459 bits per heavy atom. The summed E-state index contributed by atoms with van der Waals surface area (Å²) in [4.78, 5) is 0. The van der Waals surface area contributed by atoms with Crippen LogP contribution in [0.15, 0.2) is 91.0 Å². The Morgan fingerprint density at radius 3 is 0.946 bits per heavy atom. The van der Waals surface area contributed by atoms with E-state index in [9.17, 15) is 0 Å². The molecule has 0 N–H and O–H groups in total. The van der Waals surface area contributed by atoms with E-state index >= 15 is 0 Å². The van der Waals surface area contributed by atoms with Crippen molar-refractivity contribution in [2.24, 2.45) is 0 Å². The largest absolute Gasteiger partial charge is 0.379 e. The fraction of sp³-hybridized carbons (Fsp3) is 0.400. The summed E-state index contributed by atoms with van der Waals surface area (Å²) in [6.45, 7) is 5.21. The highest BCUT2D eigenvalue weighted by molar-refractivity contribution is 7.41. The van der Waals surface area contributed by atoms with Gasteiger partial charge in [0.25, 0.3) is 0 Å². The van der Waals surface area contributed by atoms with Gasteiger partial charge in [0.2, 0.25) is 0 Å².